The minimum absolute atomic E-state index is 0.347. The Hall–Kier alpha value is -2.14. The highest BCUT2D eigenvalue weighted by molar-refractivity contribution is 6.30. The van der Waals surface area contributed by atoms with E-state index in [0.717, 1.165) is 6.20 Å². The number of carbonyl (C=O) groups excluding carboxylic acids is 1. The number of benzene rings is 1. The number of nitrogens with one attached hydrogen (secondary N) is 1. The Morgan fingerprint density at radius 2 is 2.00 bits per heavy atom. The Labute approximate surface area is 120 Å². The number of nitrogens with zero attached hydrogens (tertiary/aromatic N) is 1. The summed E-state index contributed by atoms with van der Waals surface area (Å²) in [5.41, 5.74) is 5.16. The quantitative estimate of drug-likeness (QED) is 0.910. The Kier molecular flexibility index (Phi) is 3.90. The monoisotopic (exact) mass is 293 g/mol. The molecule has 6 heteroatoms. The third kappa shape index (κ3) is 2.88. The third-order valence-electron chi connectivity index (χ3n) is 3.01. The molecule has 0 saturated heterocycles. The molecule has 0 saturated carbocycles. The normalized spacial score (nSPS) is 13.6. The molecule has 1 atom stereocenters. The number of nitrogens with two attached hydrogens (primary N) is 1. The molecule has 2 rings (SSSR count). The number of rotatable bonds is 4. The summed E-state index contributed by atoms with van der Waals surface area (Å²) in [7, 11) is 0. The molecule has 1 unspecified atom stereocenters. The fourth-order valence-electron chi connectivity index (χ4n) is 1.78. The van der Waals surface area contributed by atoms with Crippen molar-refractivity contribution in [1.29, 1.82) is 0 Å². The Balaban J connectivity index is 2.39. The molecule has 1 amide bonds. The van der Waals surface area contributed by atoms with Crippen LogP contribution in [0.25, 0.3) is 0 Å². The summed E-state index contributed by atoms with van der Waals surface area (Å²) >= 11 is 5.80. The fraction of sp³-hybridized carbons (Fsp3) is 0.143. The highest BCUT2D eigenvalue weighted by Gasteiger charge is 2.33. The average molecular weight is 294 g/mol. The van der Waals surface area contributed by atoms with Crippen molar-refractivity contribution < 1.29 is 9.18 Å². The number of halogens is 2. The van der Waals surface area contributed by atoms with Crippen LogP contribution in [0.2, 0.25) is 5.02 Å². The van der Waals surface area contributed by atoms with Gasteiger partial charge in [0.2, 0.25) is 5.91 Å². The van der Waals surface area contributed by atoms with Crippen molar-refractivity contribution in [2.45, 2.75) is 12.5 Å². The van der Waals surface area contributed by atoms with Gasteiger partial charge < -0.3 is 11.1 Å². The third-order valence-corrected chi connectivity index (χ3v) is 3.27. The molecule has 0 radical (unpaired) electrons. The SMILES string of the molecule is CC(Nc1ccc(Cl)cc1)(C(N)=O)c1cncc(F)c1. The van der Waals surface area contributed by atoms with E-state index >= 15 is 0 Å². The van der Waals surface area contributed by atoms with Crippen LogP contribution in [0, 0.1) is 5.82 Å². The second kappa shape index (κ2) is 5.46. The summed E-state index contributed by atoms with van der Waals surface area (Å²) in [5.74, 6) is -1.17. The molecule has 1 aromatic heterocycles. The van der Waals surface area contributed by atoms with Crippen molar-refractivity contribution in [1.82, 2.24) is 4.98 Å². The van der Waals surface area contributed by atoms with Gasteiger partial charge in [-0.1, -0.05) is 11.6 Å². The maximum absolute atomic E-state index is 13.3. The maximum atomic E-state index is 13.3. The van der Waals surface area contributed by atoms with Crippen molar-refractivity contribution in [3.05, 3.63) is 59.1 Å². The van der Waals surface area contributed by atoms with Crippen LogP contribution in [0.5, 0.6) is 0 Å². The molecule has 0 spiro atoms. The van der Waals surface area contributed by atoms with E-state index in [4.69, 9.17) is 17.3 Å². The fourth-order valence-corrected chi connectivity index (χ4v) is 1.91. The van der Waals surface area contributed by atoms with E-state index in [1.54, 1.807) is 31.2 Å². The molecular formula is C14H13ClFN3O. The zero-order chi connectivity index (χ0) is 14.8. The molecule has 104 valence electrons. The predicted octanol–water partition coefficient (Wildman–Crippen LogP) is 2.69. The van der Waals surface area contributed by atoms with Crippen LogP contribution in [0.15, 0.2) is 42.7 Å². The average Bonchev–Trinajstić information content (AvgIpc) is 2.41. The van der Waals surface area contributed by atoms with Gasteiger partial charge in [0.05, 0.1) is 6.20 Å². The molecule has 1 aromatic carbocycles. The van der Waals surface area contributed by atoms with Crippen LogP contribution in [-0.2, 0) is 10.3 Å². The lowest BCUT2D eigenvalue weighted by atomic mass is 9.92. The molecule has 0 bridgehead atoms. The zero-order valence-electron chi connectivity index (χ0n) is 10.7. The summed E-state index contributed by atoms with van der Waals surface area (Å²) in [6, 6.07) is 7.98. The van der Waals surface area contributed by atoms with E-state index in [2.05, 4.69) is 10.3 Å². The first-order valence-corrected chi connectivity index (χ1v) is 6.24. The van der Waals surface area contributed by atoms with E-state index in [0.29, 0.717) is 16.3 Å². The number of anilines is 1. The molecular weight excluding hydrogens is 281 g/mol. The largest absolute Gasteiger partial charge is 0.368 e. The Morgan fingerprint density at radius 1 is 1.35 bits per heavy atom. The molecule has 1 heterocycles. The first kappa shape index (κ1) is 14.3. The van der Waals surface area contributed by atoms with Crippen LogP contribution in [-0.4, -0.2) is 10.9 Å². The molecule has 0 fully saturated rings. The van der Waals surface area contributed by atoms with E-state index in [9.17, 15) is 9.18 Å². The number of pyridine rings is 1. The highest BCUT2D eigenvalue weighted by Crippen LogP contribution is 2.26. The molecule has 20 heavy (non-hydrogen) atoms. The molecule has 0 aliphatic heterocycles. The maximum Gasteiger partial charge on any atom is 0.247 e. The number of aromatic nitrogens is 1. The number of carbonyl (C=O) groups is 1. The standard InChI is InChI=1S/C14H13ClFN3O/c1-14(13(17)20,9-6-11(16)8-18-7-9)19-12-4-2-10(15)3-5-12/h2-8,19H,1H3,(H2,17,20). The van der Waals surface area contributed by atoms with Gasteiger partial charge in [0.15, 0.2) is 0 Å². The first-order valence-electron chi connectivity index (χ1n) is 5.86. The Morgan fingerprint density at radius 3 is 2.55 bits per heavy atom. The minimum atomic E-state index is -1.27. The van der Waals surface area contributed by atoms with Crippen LogP contribution in [0.4, 0.5) is 10.1 Å². The smallest absolute Gasteiger partial charge is 0.247 e. The van der Waals surface area contributed by atoms with Gasteiger partial charge >= 0.3 is 0 Å². The molecule has 4 nitrogen and oxygen atoms in total. The highest BCUT2D eigenvalue weighted by atomic mass is 35.5. The Bertz CT molecular complexity index is 633. The lowest BCUT2D eigenvalue weighted by Gasteiger charge is -2.28. The molecule has 3 N–H and O–H groups in total. The number of hydrogen-bond acceptors (Lipinski definition) is 3. The van der Waals surface area contributed by atoms with Gasteiger partial charge in [0.1, 0.15) is 11.4 Å². The summed E-state index contributed by atoms with van der Waals surface area (Å²) in [4.78, 5) is 15.5. The summed E-state index contributed by atoms with van der Waals surface area (Å²) < 4.78 is 13.3. The lowest BCUT2D eigenvalue weighted by molar-refractivity contribution is -0.122. The van der Waals surface area contributed by atoms with Crippen molar-refractivity contribution in [3.8, 4) is 0 Å². The first-order chi connectivity index (χ1) is 9.41. The van der Waals surface area contributed by atoms with Crippen LogP contribution in [0.1, 0.15) is 12.5 Å². The van der Waals surface area contributed by atoms with Gasteiger partial charge in [-0.3, -0.25) is 9.78 Å². The topological polar surface area (TPSA) is 68.0 Å². The van der Waals surface area contributed by atoms with Crippen molar-refractivity contribution >= 4 is 23.2 Å². The predicted molar refractivity (Wildman–Crippen MR) is 75.8 cm³/mol. The summed E-state index contributed by atoms with van der Waals surface area (Å²) in [5, 5.41) is 3.56. The van der Waals surface area contributed by atoms with Gasteiger partial charge in [0, 0.05) is 22.5 Å². The van der Waals surface area contributed by atoms with Crippen LogP contribution >= 0.6 is 11.6 Å². The van der Waals surface area contributed by atoms with Crippen LogP contribution in [0.3, 0.4) is 0 Å². The number of primary amides is 1. The lowest BCUT2D eigenvalue weighted by Crippen LogP contribution is -2.45. The molecule has 2 aromatic rings. The van der Waals surface area contributed by atoms with E-state index in [-0.39, 0.29) is 0 Å². The van der Waals surface area contributed by atoms with Crippen LogP contribution < -0.4 is 11.1 Å². The number of hydrogen-bond donors (Lipinski definition) is 2. The summed E-state index contributed by atoms with van der Waals surface area (Å²) in [6.45, 7) is 1.57. The van der Waals surface area contributed by atoms with Gasteiger partial charge in [-0.25, -0.2) is 4.39 Å². The molecule has 0 aliphatic carbocycles. The number of amides is 1. The van der Waals surface area contributed by atoms with Crippen molar-refractivity contribution in [2.24, 2.45) is 5.73 Å². The van der Waals surface area contributed by atoms with E-state index in [1.807, 2.05) is 0 Å². The van der Waals surface area contributed by atoms with E-state index < -0.39 is 17.3 Å². The minimum Gasteiger partial charge on any atom is -0.368 e. The second-order valence-corrected chi connectivity index (χ2v) is 4.95. The van der Waals surface area contributed by atoms with Gasteiger partial charge in [-0.2, -0.15) is 0 Å². The van der Waals surface area contributed by atoms with Gasteiger partial charge in [-0.15, -0.1) is 0 Å². The van der Waals surface area contributed by atoms with Gasteiger partial charge in [0.25, 0.3) is 0 Å². The summed E-state index contributed by atoms with van der Waals surface area (Å²) in [6.07, 6.45) is 2.46. The zero-order valence-corrected chi connectivity index (χ0v) is 11.5. The van der Waals surface area contributed by atoms with E-state index in [1.165, 1.54) is 12.3 Å². The van der Waals surface area contributed by atoms with Gasteiger partial charge in [-0.05, 0) is 37.3 Å². The van der Waals surface area contributed by atoms with Crippen molar-refractivity contribution in [2.75, 3.05) is 5.32 Å². The second-order valence-electron chi connectivity index (χ2n) is 4.51. The van der Waals surface area contributed by atoms with Crippen molar-refractivity contribution in [3.63, 3.8) is 0 Å². The molecule has 0 aliphatic rings.